The first-order valence-electron chi connectivity index (χ1n) is 11.1. The molecular formula is C27H32N2O2. The summed E-state index contributed by atoms with van der Waals surface area (Å²) in [4.78, 5) is 2.48. The molecule has 0 bridgehead atoms. The molecule has 0 spiro atoms. The maximum atomic E-state index is 5.64. The number of hydrogen-bond donors (Lipinski definition) is 1. The predicted molar refractivity (Wildman–Crippen MR) is 129 cm³/mol. The summed E-state index contributed by atoms with van der Waals surface area (Å²) in [6, 6.07) is 27.4. The van der Waals surface area contributed by atoms with E-state index in [-0.39, 0.29) is 5.41 Å². The van der Waals surface area contributed by atoms with Gasteiger partial charge in [-0.25, -0.2) is 0 Å². The monoisotopic (exact) mass is 416 g/mol. The summed E-state index contributed by atoms with van der Waals surface area (Å²) < 4.78 is 11.2. The Morgan fingerprint density at radius 2 is 1.65 bits per heavy atom. The van der Waals surface area contributed by atoms with E-state index in [4.69, 9.17) is 9.47 Å². The fourth-order valence-electron chi connectivity index (χ4n) is 4.67. The molecule has 31 heavy (non-hydrogen) atoms. The van der Waals surface area contributed by atoms with Crippen LogP contribution in [0.15, 0.2) is 78.9 Å². The highest BCUT2D eigenvalue weighted by molar-refractivity contribution is 5.58. The largest absolute Gasteiger partial charge is 0.497 e. The topological polar surface area (TPSA) is 33.7 Å². The molecule has 1 aliphatic rings. The molecule has 1 heterocycles. The van der Waals surface area contributed by atoms with Crippen LogP contribution in [0.3, 0.4) is 0 Å². The van der Waals surface area contributed by atoms with E-state index in [1.807, 2.05) is 18.2 Å². The Kier molecular flexibility index (Phi) is 6.66. The quantitative estimate of drug-likeness (QED) is 0.532. The fourth-order valence-corrected chi connectivity index (χ4v) is 4.67. The molecule has 0 amide bonds. The molecule has 0 aromatic heterocycles. The molecule has 1 aliphatic heterocycles. The van der Waals surface area contributed by atoms with Crippen LogP contribution >= 0.6 is 0 Å². The van der Waals surface area contributed by atoms with Gasteiger partial charge in [0.15, 0.2) is 0 Å². The van der Waals surface area contributed by atoms with Crippen molar-refractivity contribution in [2.45, 2.75) is 24.7 Å². The Morgan fingerprint density at radius 1 is 0.839 bits per heavy atom. The number of anilines is 2. The Labute approximate surface area is 185 Å². The summed E-state index contributed by atoms with van der Waals surface area (Å²) >= 11 is 0. The molecule has 1 atom stereocenters. The molecule has 0 aliphatic carbocycles. The Morgan fingerprint density at radius 3 is 2.45 bits per heavy atom. The Bertz CT molecular complexity index is 976. The third kappa shape index (κ3) is 4.79. The molecule has 1 N–H and O–H groups in total. The summed E-state index contributed by atoms with van der Waals surface area (Å²) in [7, 11) is 3.49. The van der Waals surface area contributed by atoms with Crippen molar-refractivity contribution < 1.29 is 9.47 Å². The average molecular weight is 417 g/mol. The maximum Gasteiger partial charge on any atom is 0.142 e. The number of nitrogens with zero attached hydrogens (tertiary/aromatic N) is 1. The van der Waals surface area contributed by atoms with Gasteiger partial charge in [0, 0.05) is 30.7 Å². The van der Waals surface area contributed by atoms with Gasteiger partial charge in [0.2, 0.25) is 0 Å². The third-order valence-corrected chi connectivity index (χ3v) is 6.46. The second-order valence-electron chi connectivity index (χ2n) is 8.24. The molecule has 0 radical (unpaired) electrons. The number of ether oxygens (including phenoxy) is 2. The van der Waals surface area contributed by atoms with Crippen LogP contribution in [0, 0.1) is 0 Å². The van der Waals surface area contributed by atoms with Crippen molar-refractivity contribution in [3.05, 3.63) is 84.4 Å². The lowest BCUT2D eigenvalue weighted by Gasteiger charge is -2.35. The fraction of sp³-hybridized carbons (Fsp3) is 0.333. The van der Waals surface area contributed by atoms with Crippen molar-refractivity contribution >= 4 is 11.4 Å². The number of methoxy groups -OCH3 is 2. The molecule has 0 saturated carbocycles. The van der Waals surface area contributed by atoms with Crippen LogP contribution in [0.25, 0.3) is 0 Å². The molecule has 1 unspecified atom stereocenters. The first-order chi connectivity index (χ1) is 15.2. The van der Waals surface area contributed by atoms with Gasteiger partial charge >= 0.3 is 0 Å². The Balaban J connectivity index is 1.62. The molecule has 4 rings (SSSR count). The van der Waals surface area contributed by atoms with E-state index in [1.54, 1.807) is 14.2 Å². The average Bonchev–Trinajstić information content (AvgIpc) is 3.07. The molecule has 4 heteroatoms. The molecule has 4 nitrogen and oxygen atoms in total. The van der Waals surface area contributed by atoms with Crippen molar-refractivity contribution in [2.24, 2.45) is 0 Å². The zero-order valence-electron chi connectivity index (χ0n) is 18.5. The highest BCUT2D eigenvalue weighted by atomic mass is 16.5. The van der Waals surface area contributed by atoms with E-state index in [0.717, 1.165) is 56.1 Å². The van der Waals surface area contributed by atoms with E-state index in [0.29, 0.717) is 0 Å². The molecule has 3 aromatic carbocycles. The molecular weight excluding hydrogens is 384 g/mol. The van der Waals surface area contributed by atoms with Gasteiger partial charge in [-0.15, -0.1) is 0 Å². The highest BCUT2D eigenvalue weighted by Crippen LogP contribution is 2.39. The standard InChI is InChI=1S/C27H32N2O2/c1-30-24-13-8-10-22(20-24)27(21-28-23-11-4-3-5-12-23)16-9-18-29(19-17-27)25-14-6-7-15-26(25)31-2/h3-8,10-15,20,28H,9,16-19,21H2,1-2H3. The van der Waals surface area contributed by atoms with Crippen molar-refractivity contribution in [2.75, 3.05) is 44.1 Å². The smallest absolute Gasteiger partial charge is 0.142 e. The van der Waals surface area contributed by atoms with Crippen LogP contribution < -0.4 is 19.7 Å². The van der Waals surface area contributed by atoms with E-state index >= 15 is 0 Å². The third-order valence-electron chi connectivity index (χ3n) is 6.46. The Hall–Kier alpha value is -3.14. The van der Waals surface area contributed by atoms with E-state index in [1.165, 1.54) is 11.3 Å². The summed E-state index contributed by atoms with van der Waals surface area (Å²) in [5, 5.41) is 3.71. The van der Waals surface area contributed by atoms with Gasteiger partial charge in [-0.3, -0.25) is 0 Å². The van der Waals surface area contributed by atoms with Gasteiger partial charge in [0.05, 0.1) is 19.9 Å². The van der Waals surface area contributed by atoms with Crippen molar-refractivity contribution in [1.82, 2.24) is 0 Å². The lowest BCUT2D eigenvalue weighted by molar-refractivity contribution is 0.391. The van der Waals surface area contributed by atoms with Crippen LogP contribution in [-0.4, -0.2) is 33.9 Å². The first-order valence-corrected chi connectivity index (χ1v) is 11.1. The highest BCUT2D eigenvalue weighted by Gasteiger charge is 2.35. The van der Waals surface area contributed by atoms with Crippen molar-refractivity contribution in [1.29, 1.82) is 0 Å². The van der Waals surface area contributed by atoms with Crippen molar-refractivity contribution in [3.8, 4) is 11.5 Å². The van der Waals surface area contributed by atoms with Gasteiger partial charge < -0.3 is 19.7 Å². The van der Waals surface area contributed by atoms with Crippen LogP contribution in [0.2, 0.25) is 0 Å². The minimum atomic E-state index is 0.0289. The molecule has 3 aromatic rings. The molecule has 1 fully saturated rings. The lowest BCUT2D eigenvalue weighted by atomic mass is 9.74. The van der Waals surface area contributed by atoms with Crippen LogP contribution in [-0.2, 0) is 5.41 Å². The van der Waals surface area contributed by atoms with Gasteiger partial charge in [0.25, 0.3) is 0 Å². The van der Waals surface area contributed by atoms with E-state index in [9.17, 15) is 0 Å². The summed E-state index contributed by atoms with van der Waals surface area (Å²) in [6.07, 6.45) is 3.29. The summed E-state index contributed by atoms with van der Waals surface area (Å²) in [5.74, 6) is 1.86. The lowest BCUT2D eigenvalue weighted by Crippen LogP contribution is -2.36. The van der Waals surface area contributed by atoms with E-state index in [2.05, 4.69) is 70.9 Å². The number of para-hydroxylation sites is 3. The zero-order chi connectivity index (χ0) is 21.5. The zero-order valence-corrected chi connectivity index (χ0v) is 18.5. The normalized spacial score (nSPS) is 18.8. The molecule has 162 valence electrons. The van der Waals surface area contributed by atoms with E-state index < -0.39 is 0 Å². The minimum absolute atomic E-state index is 0.0289. The van der Waals surface area contributed by atoms with Crippen LogP contribution in [0.4, 0.5) is 11.4 Å². The summed E-state index contributed by atoms with van der Waals surface area (Å²) in [6.45, 7) is 2.90. The number of hydrogen-bond acceptors (Lipinski definition) is 4. The van der Waals surface area contributed by atoms with Crippen molar-refractivity contribution in [3.63, 3.8) is 0 Å². The molecule has 1 saturated heterocycles. The van der Waals surface area contributed by atoms with Crippen LogP contribution in [0.5, 0.6) is 11.5 Å². The van der Waals surface area contributed by atoms with Gasteiger partial charge in [-0.1, -0.05) is 42.5 Å². The van der Waals surface area contributed by atoms with Gasteiger partial charge in [0.1, 0.15) is 11.5 Å². The number of nitrogens with one attached hydrogen (secondary N) is 1. The minimum Gasteiger partial charge on any atom is -0.497 e. The van der Waals surface area contributed by atoms with Crippen LogP contribution in [0.1, 0.15) is 24.8 Å². The second-order valence-corrected chi connectivity index (χ2v) is 8.24. The summed E-state index contributed by atoms with van der Waals surface area (Å²) in [5.41, 5.74) is 3.72. The number of rotatable bonds is 7. The van der Waals surface area contributed by atoms with Gasteiger partial charge in [-0.05, 0) is 61.2 Å². The number of benzene rings is 3. The maximum absolute atomic E-state index is 5.64. The first kappa shape index (κ1) is 21.1. The predicted octanol–water partition coefficient (Wildman–Crippen LogP) is 5.74. The second kappa shape index (κ2) is 9.78. The SMILES string of the molecule is COc1cccc(C2(CNc3ccccc3)CCCN(c3ccccc3OC)CC2)c1. The van der Waals surface area contributed by atoms with Gasteiger partial charge in [-0.2, -0.15) is 0 Å².